The van der Waals surface area contributed by atoms with Crippen molar-refractivity contribution in [2.75, 3.05) is 11.9 Å². The van der Waals surface area contributed by atoms with Crippen LogP contribution in [-0.4, -0.2) is 40.2 Å². The molecule has 0 saturated heterocycles. The van der Waals surface area contributed by atoms with E-state index in [1.54, 1.807) is 24.5 Å². The van der Waals surface area contributed by atoms with Crippen molar-refractivity contribution in [3.05, 3.63) is 66.5 Å². The Morgan fingerprint density at radius 1 is 1.28 bits per heavy atom. The fourth-order valence-corrected chi connectivity index (χ4v) is 2.54. The van der Waals surface area contributed by atoms with Crippen LogP contribution >= 0.6 is 0 Å². The van der Waals surface area contributed by atoms with E-state index in [2.05, 4.69) is 15.3 Å². The highest BCUT2D eigenvalue weighted by Crippen LogP contribution is 2.35. The van der Waals surface area contributed by atoms with Crippen LogP contribution in [0.25, 0.3) is 0 Å². The fraction of sp³-hybridized carbons (Fsp3) is 0.150. The van der Waals surface area contributed by atoms with E-state index in [0.717, 1.165) is 5.56 Å². The van der Waals surface area contributed by atoms with Crippen molar-refractivity contribution in [2.24, 2.45) is 0 Å². The van der Waals surface area contributed by atoms with Crippen LogP contribution in [0.4, 0.5) is 5.95 Å². The van der Waals surface area contributed by atoms with Gasteiger partial charge in [-0.15, -0.1) is 0 Å². The van der Waals surface area contributed by atoms with E-state index >= 15 is 0 Å². The fourth-order valence-electron chi connectivity index (χ4n) is 2.54. The van der Waals surface area contributed by atoms with E-state index in [0.29, 0.717) is 29.8 Å². The van der Waals surface area contributed by atoms with Crippen LogP contribution in [0.15, 0.2) is 60.9 Å². The van der Waals surface area contributed by atoms with Gasteiger partial charge in [0.05, 0.1) is 0 Å². The van der Waals surface area contributed by atoms with Crippen LogP contribution < -0.4 is 19.5 Å². The number of hydrogen-bond acceptors (Lipinski definition) is 6. The van der Waals surface area contributed by atoms with E-state index in [-0.39, 0.29) is 19.0 Å². The van der Waals surface area contributed by atoms with Crippen LogP contribution in [0.5, 0.6) is 17.2 Å². The number of anilines is 1. The molecule has 0 spiro atoms. The number of aromatic amines is 1. The van der Waals surface area contributed by atoms with Crippen molar-refractivity contribution >= 4 is 18.3 Å². The molecule has 150 valence electrons. The molecule has 1 aromatic heterocycles. The van der Waals surface area contributed by atoms with Crippen molar-refractivity contribution in [1.82, 2.24) is 9.97 Å². The van der Waals surface area contributed by atoms with Crippen LogP contribution in [0, 0.1) is 0 Å². The molecule has 1 atom stereocenters. The highest BCUT2D eigenvalue weighted by atomic mass is 16.6. The van der Waals surface area contributed by atoms with Gasteiger partial charge >= 0.3 is 0 Å². The summed E-state index contributed by atoms with van der Waals surface area (Å²) in [6.07, 6.45) is 2.41. The van der Waals surface area contributed by atoms with Gasteiger partial charge in [0.15, 0.2) is 11.5 Å². The highest BCUT2D eigenvalue weighted by molar-refractivity contribution is 5.93. The van der Waals surface area contributed by atoms with Gasteiger partial charge in [-0.3, -0.25) is 14.9 Å². The summed E-state index contributed by atoms with van der Waals surface area (Å²) in [5.74, 6) is 1.73. The predicted octanol–water partition coefficient (Wildman–Crippen LogP) is 2.47. The van der Waals surface area contributed by atoms with Crippen LogP contribution in [0.1, 0.15) is 5.56 Å². The third-order valence-electron chi connectivity index (χ3n) is 3.86. The number of ether oxygens (including phenoxy) is 3. The topological polar surface area (TPSA) is 123 Å². The Morgan fingerprint density at radius 2 is 2.07 bits per heavy atom. The molecule has 0 fully saturated rings. The van der Waals surface area contributed by atoms with Crippen molar-refractivity contribution in [2.45, 2.75) is 12.7 Å². The highest BCUT2D eigenvalue weighted by Gasteiger charge is 2.28. The molecular formula is C20H19N3O6. The summed E-state index contributed by atoms with van der Waals surface area (Å²) < 4.78 is 17.2. The smallest absolute Gasteiger partial charge is 0.290 e. The van der Waals surface area contributed by atoms with E-state index in [1.807, 2.05) is 36.4 Å². The maximum Gasteiger partial charge on any atom is 0.290 e. The molecular weight excluding hydrogens is 378 g/mol. The number of H-pyrrole nitrogens is 1. The normalized spacial score (nSPS) is 14.1. The zero-order chi connectivity index (χ0) is 20.5. The number of rotatable bonds is 5. The number of benzene rings is 2. The molecule has 0 aliphatic carbocycles. The van der Waals surface area contributed by atoms with E-state index in [1.165, 1.54) is 0 Å². The number of nitrogens with zero attached hydrogens (tertiary/aromatic N) is 1. The molecule has 2 heterocycles. The van der Waals surface area contributed by atoms with Crippen molar-refractivity contribution in [1.29, 1.82) is 0 Å². The summed E-state index contributed by atoms with van der Waals surface area (Å²) in [6.45, 7) is 0.326. The first kappa shape index (κ1) is 19.7. The Kier molecular flexibility index (Phi) is 6.66. The van der Waals surface area contributed by atoms with Gasteiger partial charge in [-0.2, -0.15) is 0 Å². The SMILES string of the molecule is O=C(Nc1ncc[nH]1)C1COc2ccc(OCc3ccccc3)cc2O1.O=CO. The zero-order valence-corrected chi connectivity index (χ0v) is 15.3. The lowest BCUT2D eigenvalue weighted by Gasteiger charge is -2.25. The Morgan fingerprint density at radius 3 is 2.79 bits per heavy atom. The Balaban J connectivity index is 0.000000755. The molecule has 1 aliphatic heterocycles. The van der Waals surface area contributed by atoms with E-state index in [4.69, 9.17) is 24.1 Å². The van der Waals surface area contributed by atoms with Gasteiger partial charge < -0.3 is 24.3 Å². The number of imidazole rings is 1. The summed E-state index contributed by atoms with van der Waals surface area (Å²) in [5, 5.41) is 9.53. The molecule has 0 bridgehead atoms. The summed E-state index contributed by atoms with van der Waals surface area (Å²) in [4.78, 5) is 27.4. The summed E-state index contributed by atoms with van der Waals surface area (Å²) >= 11 is 0. The number of carboxylic acid groups (broad SMARTS) is 1. The minimum Gasteiger partial charge on any atom is -0.489 e. The first-order valence-corrected chi connectivity index (χ1v) is 8.68. The molecule has 2 aromatic carbocycles. The molecule has 3 aromatic rings. The van der Waals surface area contributed by atoms with Gasteiger partial charge in [-0.25, -0.2) is 4.98 Å². The lowest BCUT2D eigenvalue weighted by molar-refractivity contribution is -0.125. The lowest BCUT2D eigenvalue weighted by atomic mass is 10.2. The summed E-state index contributed by atoms with van der Waals surface area (Å²) in [5.41, 5.74) is 1.07. The third kappa shape index (κ3) is 5.48. The average molecular weight is 397 g/mol. The van der Waals surface area contributed by atoms with Gasteiger partial charge in [0.1, 0.15) is 19.0 Å². The zero-order valence-electron chi connectivity index (χ0n) is 15.3. The molecule has 0 radical (unpaired) electrons. The largest absolute Gasteiger partial charge is 0.489 e. The first-order chi connectivity index (χ1) is 14.2. The summed E-state index contributed by atoms with van der Waals surface area (Å²) in [7, 11) is 0. The van der Waals surface area contributed by atoms with Crippen LogP contribution in [-0.2, 0) is 16.2 Å². The maximum atomic E-state index is 12.3. The van der Waals surface area contributed by atoms with Crippen LogP contribution in [0.2, 0.25) is 0 Å². The summed E-state index contributed by atoms with van der Waals surface area (Å²) in [6, 6.07) is 15.2. The second kappa shape index (κ2) is 9.79. The standard InChI is InChI=1S/C19H17N3O4.CH2O2/c23-18(22-19-20-8-9-21-19)17-12-25-15-7-6-14(10-16(15)26-17)24-11-13-4-2-1-3-5-13;2-1-3/h1-10,17H,11-12H2,(H2,20,21,22,23);1H,(H,2,3). The first-order valence-electron chi connectivity index (χ1n) is 8.68. The van der Waals surface area contributed by atoms with Crippen molar-refractivity contribution in [3.8, 4) is 17.2 Å². The number of fused-ring (bicyclic) bond motifs is 1. The van der Waals surface area contributed by atoms with Crippen LogP contribution in [0.3, 0.4) is 0 Å². The van der Waals surface area contributed by atoms with Crippen molar-refractivity contribution < 1.29 is 28.9 Å². The average Bonchev–Trinajstić information content (AvgIpc) is 3.26. The maximum absolute atomic E-state index is 12.3. The molecule has 1 unspecified atom stereocenters. The number of amides is 1. The molecule has 1 aliphatic rings. The molecule has 1 amide bonds. The van der Waals surface area contributed by atoms with Gasteiger partial charge in [0.25, 0.3) is 12.4 Å². The van der Waals surface area contributed by atoms with Gasteiger partial charge in [0, 0.05) is 18.5 Å². The van der Waals surface area contributed by atoms with E-state index in [9.17, 15) is 4.79 Å². The monoisotopic (exact) mass is 397 g/mol. The predicted molar refractivity (Wildman–Crippen MR) is 103 cm³/mol. The molecule has 0 saturated carbocycles. The van der Waals surface area contributed by atoms with Gasteiger partial charge in [-0.05, 0) is 17.7 Å². The Bertz CT molecular complexity index is 931. The minimum atomic E-state index is -0.767. The van der Waals surface area contributed by atoms with E-state index < -0.39 is 6.10 Å². The number of carbonyl (C=O) groups excluding carboxylic acids is 1. The Labute approximate surface area is 166 Å². The lowest BCUT2D eigenvalue weighted by Crippen LogP contribution is -2.40. The number of hydrogen-bond donors (Lipinski definition) is 3. The molecule has 29 heavy (non-hydrogen) atoms. The quantitative estimate of drug-likeness (QED) is 0.565. The van der Waals surface area contributed by atoms with Crippen molar-refractivity contribution in [3.63, 3.8) is 0 Å². The second-order valence-corrected chi connectivity index (χ2v) is 5.83. The number of carbonyl (C=O) groups is 2. The molecule has 4 rings (SSSR count). The number of nitrogens with one attached hydrogen (secondary N) is 2. The molecule has 9 heteroatoms. The number of aromatic nitrogens is 2. The second-order valence-electron chi connectivity index (χ2n) is 5.83. The molecule has 3 N–H and O–H groups in total. The van der Waals surface area contributed by atoms with Gasteiger partial charge in [-0.1, -0.05) is 30.3 Å². The molecule has 9 nitrogen and oxygen atoms in total. The Hall–Kier alpha value is -4.01. The third-order valence-corrected chi connectivity index (χ3v) is 3.86. The minimum absolute atomic E-state index is 0.129. The van der Waals surface area contributed by atoms with Gasteiger partial charge in [0.2, 0.25) is 12.1 Å².